The SMILES string of the molecule is CCCn1nc(C(=O)OCCCS(=O)(=O)c2ccccc2)ccc1=O. The summed E-state index contributed by atoms with van der Waals surface area (Å²) in [5, 5.41) is 3.95. The van der Waals surface area contributed by atoms with Crippen LogP contribution < -0.4 is 5.56 Å². The molecular formula is C17H20N2O5S. The number of hydrogen-bond acceptors (Lipinski definition) is 6. The molecule has 2 rings (SSSR count). The molecule has 0 aliphatic heterocycles. The van der Waals surface area contributed by atoms with E-state index in [1.54, 1.807) is 18.2 Å². The number of ether oxygens (including phenoxy) is 1. The van der Waals surface area contributed by atoms with Gasteiger partial charge in [-0.05, 0) is 31.0 Å². The van der Waals surface area contributed by atoms with Crippen LogP contribution in [0.1, 0.15) is 30.3 Å². The normalized spacial score (nSPS) is 11.2. The van der Waals surface area contributed by atoms with E-state index in [1.165, 1.54) is 28.9 Å². The molecule has 2 aromatic rings. The maximum absolute atomic E-state index is 12.1. The minimum Gasteiger partial charge on any atom is -0.461 e. The molecule has 1 aromatic heterocycles. The summed E-state index contributed by atoms with van der Waals surface area (Å²) in [6, 6.07) is 10.7. The summed E-state index contributed by atoms with van der Waals surface area (Å²) in [5.41, 5.74) is -0.258. The molecule has 0 aliphatic rings. The fourth-order valence-corrected chi connectivity index (χ4v) is 3.47. The Labute approximate surface area is 146 Å². The third-order valence-corrected chi connectivity index (χ3v) is 5.22. The molecule has 0 saturated carbocycles. The highest BCUT2D eigenvalue weighted by Crippen LogP contribution is 2.11. The predicted molar refractivity (Wildman–Crippen MR) is 92.2 cm³/mol. The Balaban J connectivity index is 1.89. The van der Waals surface area contributed by atoms with E-state index in [2.05, 4.69) is 5.10 Å². The number of sulfone groups is 1. The van der Waals surface area contributed by atoms with Crippen LogP contribution in [0.2, 0.25) is 0 Å². The van der Waals surface area contributed by atoms with Gasteiger partial charge < -0.3 is 4.74 Å². The number of carbonyl (C=O) groups is 1. The number of aromatic nitrogens is 2. The van der Waals surface area contributed by atoms with Crippen molar-refractivity contribution < 1.29 is 17.9 Å². The summed E-state index contributed by atoms with van der Waals surface area (Å²) in [7, 11) is -3.39. The van der Waals surface area contributed by atoms with Crippen molar-refractivity contribution in [3.8, 4) is 0 Å². The lowest BCUT2D eigenvalue weighted by Gasteiger charge is -2.07. The maximum atomic E-state index is 12.1. The molecule has 1 aromatic carbocycles. The van der Waals surface area contributed by atoms with E-state index in [0.29, 0.717) is 13.0 Å². The Bertz CT molecular complexity index is 875. The molecule has 0 amide bonds. The van der Waals surface area contributed by atoms with E-state index in [-0.39, 0.29) is 34.9 Å². The van der Waals surface area contributed by atoms with E-state index in [0.717, 1.165) is 0 Å². The van der Waals surface area contributed by atoms with Crippen molar-refractivity contribution in [3.05, 3.63) is 58.5 Å². The highest BCUT2D eigenvalue weighted by molar-refractivity contribution is 7.91. The molecule has 0 radical (unpaired) electrons. The monoisotopic (exact) mass is 364 g/mol. The van der Waals surface area contributed by atoms with Gasteiger partial charge in [-0.15, -0.1) is 0 Å². The molecule has 134 valence electrons. The Kier molecular flexibility index (Phi) is 6.46. The summed E-state index contributed by atoms with van der Waals surface area (Å²) in [6.45, 7) is 2.26. The first kappa shape index (κ1) is 18.9. The van der Waals surface area contributed by atoms with Crippen molar-refractivity contribution in [2.24, 2.45) is 0 Å². The highest BCUT2D eigenvalue weighted by Gasteiger charge is 2.15. The maximum Gasteiger partial charge on any atom is 0.358 e. The van der Waals surface area contributed by atoms with Crippen molar-refractivity contribution >= 4 is 15.8 Å². The zero-order chi connectivity index (χ0) is 18.3. The van der Waals surface area contributed by atoms with Gasteiger partial charge >= 0.3 is 5.97 Å². The molecule has 8 heteroatoms. The first-order valence-corrected chi connectivity index (χ1v) is 9.62. The molecule has 25 heavy (non-hydrogen) atoms. The van der Waals surface area contributed by atoms with E-state index >= 15 is 0 Å². The van der Waals surface area contributed by atoms with Gasteiger partial charge in [0.05, 0.1) is 17.3 Å². The van der Waals surface area contributed by atoms with E-state index in [9.17, 15) is 18.0 Å². The number of hydrogen-bond donors (Lipinski definition) is 0. The van der Waals surface area contributed by atoms with Crippen LogP contribution in [-0.2, 0) is 21.1 Å². The van der Waals surface area contributed by atoms with Crippen LogP contribution in [0.25, 0.3) is 0 Å². The van der Waals surface area contributed by atoms with Gasteiger partial charge in [0.25, 0.3) is 5.56 Å². The van der Waals surface area contributed by atoms with Crippen LogP contribution >= 0.6 is 0 Å². The van der Waals surface area contributed by atoms with Crippen LogP contribution in [0, 0.1) is 0 Å². The third kappa shape index (κ3) is 5.25. The minimum atomic E-state index is -3.39. The lowest BCUT2D eigenvalue weighted by molar-refractivity contribution is 0.0495. The highest BCUT2D eigenvalue weighted by atomic mass is 32.2. The van der Waals surface area contributed by atoms with Gasteiger partial charge in [-0.2, -0.15) is 5.10 Å². The molecule has 0 spiro atoms. The molecule has 0 atom stereocenters. The second-order valence-electron chi connectivity index (χ2n) is 5.40. The summed E-state index contributed by atoms with van der Waals surface area (Å²) in [6.07, 6.45) is 0.889. The van der Waals surface area contributed by atoms with Gasteiger partial charge in [0.15, 0.2) is 15.5 Å². The number of benzene rings is 1. The minimum absolute atomic E-state index is 0.0268. The number of aryl methyl sites for hydroxylation is 1. The van der Waals surface area contributed by atoms with E-state index in [1.807, 2.05) is 6.92 Å². The Morgan fingerprint density at radius 3 is 2.56 bits per heavy atom. The topological polar surface area (TPSA) is 95.3 Å². The van der Waals surface area contributed by atoms with Gasteiger partial charge in [-0.1, -0.05) is 25.1 Å². The predicted octanol–water partition coefficient (Wildman–Crippen LogP) is 1.67. The fraction of sp³-hybridized carbons (Fsp3) is 0.353. The smallest absolute Gasteiger partial charge is 0.358 e. The van der Waals surface area contributed by atoms with Crippen molar-refractivity contribution in [1.29, 1.82) is 0 Å². The summed E-state index contributed by atoms with van der Waals surface area (Å²) >= 11 is 0. The standard InChI is InChI=1S/C17H20N2O5S/c1-2-11-19-16(20)10-9-15(18-19)17(21)24-12-6-13-25(22,23)14-7-4-3-5-8-14/h3-5,7-10H,2,6,11-13H2,1H3. The number of nitrogens with zero attached hydrogens (tertiary/aromatic N) is 2. The van der Waals surface area contributed by atoms with E-state index in [4.69, 9.17) is 4.74 Å². The first-order valence-electron chi connectivity index (χ1n) is 7.97. The van der Waals surface area contributed by atoms with Gasteiger partial charge in [-0.3, -0.25) is 4.79 Å². The number of esters is 1. The lowest BCUT2D eigenvalue weighted by Crippen LogP contribution is -2.25. The quantitative estimate of drug-likeness (QED) is 0.522. The summed E-state index contributed by atoms with van der Waals surface area (Å²) < 4.78 is 30.5. The van der Waals surface area contributed by atoms with Crippen molar-refractivity contribution in [3.63, 3.8) is 0 Å². The van der Waals surface area contributed by atoms with Gasteiger partial charge in [0, 0.05) is 12.6 Å². The number of rotatable bonds is 8. The molecular weight excluding hydrogens is 344 g/mol. The van der Waals surface area contributed by atoms with Crippen LogP contribution in [0.3, 0.4) is 0 Å². The second kappa shape index (κ2) is 8.57. The molecule has 0 N–H and O–H groups in total. The molecule has 1 heterocycles. The molecule has 0 saturated heterocycles. The average Bonchev–Trinajstić information content (AvgIpc) is 2.61. The van der Waals surface area contributed by atoms with Crippen molar-refractivity contribution in [2.45, 2.75) is 31.2 Å². The number of carbonyl (C=O) groups excluding carboxylic acids is 1. The zero-order valence-electron chi connectivity index (χ0n) is 13.9. The van der Waals surface area contributed by atoms with Crippen LogP contribution in [-0.4, -0.2) is 36.5 Å². The van der Waals surface area contributed by atoms with Gasteiger partial charge in [0.2, 0.25) is 0 Å². The third-order valence-electron chi connectivity index (χ3n) is 3.40. The van der Waals surface area contributed by atoms with Gasteiger partial charge in [0.1, 0.15) is 0 Å². The fourth-order valence-electron chi connectivity index (χ4n) is 2.16. The van der Waals surface area contributed by atoms with Crippen LogP contribution in [0.15, 0.2) is 52.2 Å². The largest absolute Gasteiger partial charge is 0.461 e. The molecule has 7 nitrogen and oxygen atoms in total. The summed E-state index contributed by atoms with van der Waals surface area (Å²) in [5.74, 6) is -0.797. The average molecular weight is 364 g/mol. The van der Waals surface area contributed by atoms with Crippen LogP contribution in [0.5, 0.6) is 0 Å². The zero-order valence-corrected chi connectivity index (χ0v) is 14.7. The second-order valence-corrected chi connectivity index (χ2v) is 7.51. The van der Waals surface area contributed by atoms with Crippen LogP contribution in [0.4, 0.5) is 0 Å². The van der Waals surface area contributed by atoms with Crippen molar-refractivity contribution in [1.82, 2.24) is 9.78 Å². The first-order chi connectivity index (χ1) is 11.9. The lowest BCUT2D eigenvalue weighted by atomic mass is 10.4. The Morgan fingerprint density at radius 1 is 1.16 bits per heavy atom. The van der Waals surface area contributed by atoms with Gasteiger partial charge in [-0.25, -0.2) is 17.9 Å². The molecule has 0 aliphatic carbocycles. The molecule has 0 bridgehead atoms. The Morgan fingerprint density at radius 2 is 1.88 bits per heavy atom. The molecule has 0 fully saturated rings. The van der Waals surface area contributed by atoms with E-state index < -0.39 is 15.8 Å². The van der Waals surface area contributed by atoms with Crippen molar-refractivity contribution in [2.75, 3.05) is 12.4 Å². The Hall–Kier alpha value is -2.48. The molecule has 0 unspecified atom stereocenters. The summed E-state index contributed by atoms with van der Waals surface area (Å²) in [4.78, 5) is 23.8.